The number of esters is 3. The molecule has 0 unspecified atom stereocenters. The molecule has 0 aromatic heterocycles. The van der Waals surface area contributed by atoms with Gasteiger partial charge < -0.3 is 18.9 Å². The Hall–Kier alpha value is -1.63. The van der Waals surface area contributed by atoms with Crippen LogP contribution in [0.15, 0.2) is 0 Å². The number of unbranched alkanes of at least 4 members (excludes halogenated alkanes) is 6. The highest BCUT2D eigenvalue weighted by Gasteiger charge is 2.43. The van der Waals surface area contributed by atoms with Crippen molar-refractivity contribution in [1.29, 1.82) is 0 Å². The van der Waals surface area contributed by atoms with Gasteiger partial charge >= 0.3 is 17.9 Å². The minimum absolute atomic E-state index is 0.0122. The lowest BCUT2D eigenvalue weighted by atomic mass is 10.1. The first-order valence-corrected chi connectivity index (χ1v) is 11.7. The van der Waals surface area contributed by atoms with Crippen LogP contribution in [0.1, 0.15) is 97.8 Å². The standard InChI is InChI=1S/C23H40O7/c1-4-7-10-13-20(24)28-16-18-23(30-22(26)15-12-9-6-3)19(17-27-18)29-21(25)14-11-8-5-2/h18-19,23H,4-17H2,1-3H3/t18-,19-,23-/m0/s1. The van der Waals surface area contributed by atoms with Gasteiger partial charge in [-0.2, -0.15) is 0 Å². The van der Waals surface area contributed by atoms with Crippen molar-refractivity contribution in [3.8, 4) is 0 Å². The lowest BCUT2D eigenvalue weighted by Crippen LogP contribution is -2.40. The van der Waals surface area contributed by atoms with Gasteiger partial charge in [0.05, 0.1) is 6.61 Å². The van der Waals surface area contributed by atoms with Crippen LogP contribution in [0.25, 0.3) is 0 Å². The number of rotatable bonds is 16. The molecule has 1 heterocycles. The van der Waals surface area contributed by atoms with Crippen molar-refractivity contribution < 1.29 is 33.3 Å². The van der Waals surface area contributed by atoms with E-state index in [4.69, 9.17) is 18.9 Å². The van der Waals surface area contributed by atoms with E-state index in [2.05, 4.69) is 20.8 Å². The van der Waals surface area contributed by atoms with Crippen molar-refractivity contribution in [2.45, 2.75) is 116 Å². The number of ether oxygens (including phenoxy) is 4. The summed E-state index contributed by atoms with van der Waals surface area (Å²) in [6, 6.07) is 0. The summed E-state index contributed by atoms with van der Waals surface area (Å²) in [5.41, 5.74) is 0. The maximum atomic E-state index is 12.2. The second kappa shape index (κ2) is 16.1. The van der Waals surface area contributed by atoms with Crippen LogP contribution in [0.2, 0.25) is 0 Å². The molecule has 30 heavy (non-hydrogen) atoms. The van der Waals surface area contributed by atoms with Crippen molar-refractivity contribution in [2.24, 2.45) is 0 Å². The second-order valence-electron chi connectivity index (χ2n) is 7.91. The summed E-state index contributed by atoms with van der Waals surface area (Å²) in [7, 11) is 0. The smallest absolute Gasteiger partial charge is 0.306 e. The summed E-state index contributed by atoms with van der Waals surface area (Å²) >= 11 is 0. The first-order chi connectivity index (χ1) is 14.5. The van der Waals surface area contributed by atoms with E-state index >= 15 is 0 Å². The van der Waals surface area contributed by atoms with E-state index in [0.29, 0.717) is 19.3 Å². The van der Waals surface area contributed by atoms with Crippen molar-refractivity contribution in [3.63, 3.8) is 0 Å². The highest BCUT2D eigenvalue weighted by Crippen LogP contribution is 2.23. The van der Waals surface area contributed by atoms with Gasteiger partial charge in [-0.15, -0.1) is 0 Å². The molecule has 0 aromatic carbocycles. The highest BCUT2D eigenvalue weighted by atomic mass is 16.6. The van der Waals surface area contributed by atoms with Gasteiger partial charge in [-0.05, 0) is 19.3 Å². The van der Waals surface area contributed by atoms with E-state index in [0.717, 1.165) is 57.8 Å². The molecule has 1 aliphatic heterocycles. The molecular weight excluding hydrogens is 388 g/mol. The van der Waals surface area contributed by atoms with Crippen molar-refractivity contribution >= 4 is 17.9 Å². The van der Waals surface area contributed by atoms with Crippen LogP contribution in [0.5, 0.6) is 0 Å². The largest absolute Gasteiger partial charge is 0.463 e. The third-order valence-corrected chi connectivity index (χ3v) is 5.12. The third-order valence-electron chi connectivity index (χ3n) is 5.12. The van der Waals surface area contributed by atoms with Gasteiger partial charge in [-0.1, -0.05) is 59.3 Å². The Balaban J connectivity index is 2.60. The molecule has 3 atom stereocenters. The molecule has 1 fully saturated rings. The summed E-state index contributed by atoms with van der Waals surface area (Å²) in [4.78, 5) is 36.3. The van der Waals surface area contributed by atoms with Crippen LogP contribution in [-0.4, -0.2) is 49.4 Å². The molecule has 0 aliphatic carbocycles. The SMILES string of the molecule is CCCCCC(=O)OC[C@@H]1OC[C@H](OC(=O)CCCCC)[C@H]1OC(=O)CCCCC. The molecule has 1 rings (SSSR count). The van der Waals surface area contributed by atoms with Crippen LogP contribution in [-0.2, 0) is 33.3 Å². The fourth-order valence-corrected chi connectivity index (χ4v) is 3.29. The Labute approximate surface area is 181 Å². The molecule has 0 spiro atoms. The Morgan fingerprint density at radius 1 is 0.733 bits per heavy atom. The lowest BCUT2D eigenvalue weighted by molar-refractivity contribution is -0.168. The maximum Gasteiger partial charge on any atom is 0.306 e. The normalized spacial score (nSPS) is 20.7. The molecule has 0 N–H and O–H groups in total. The van der Waals surface area contributed by atoms with Gasteiger partial charge in [0.2, 0.25) is 0 Å². The summed E-state index contributed by atoms with van der Waals surface area (Å²) in [6.45, 7) is 6.32. The number of carbonyl (C=O) groups excluding carboxylic acids is 3. The van der Waals surface area contributed by atoms with Crippen LogP contribution >= 0.6 is 0 Å². The van der Waals surface area contributed by atoms with Crippen molar-refractivity contribution in [2.75, 3.05) is 13.2 Å². The van der Waals surface area contributed by atoms with Gasteiger partial charge in [0.25, 0.3) is 0 Å². The van der Waals surface area contributed by atoms with E-state index in [-0.39, 0.29) is 31.1 Å². The summed E-state index contributed by atoms with van der Waals surface area (Å²) < 4.78 is 22.1. The van der Waals surface area contributed by atoms with Gasteiger partial charge in [0.1, 0.15) is 12.7 Å². The van der Waals surface area contributed by atoms with E-state index < -0.39 is 18.3 Å². The average molecular weight is 429 g/mol. The second-order valence-corrected chi connectivity index (χ2v) is 7.91. The minimum Gasteiger partial charge on any atom is -0.463 e. The number of hydrogen-bond donors (Lipinski definition) is 0. The van der Waals surface area contributed by atoms with Crippen LogP contribution < -0.4 is 0 Å². The fraction of sp³-hybridized carbons (Fsp3) is 0.870. The topological polar surface area (TPSA) is 88.1 Å². The van der Waals surface area contributed by atoms with E-state index in [1.807, 2.05) is 0 Å². The molecule has 0 bridgehead atoms. The minimum atomic E-state index is -0.752. The molecule has 0 radical (unpaired) electrons. The summed E-state index contributed by atoms with van der Waals surface area (Å²) in [6.07, 6.45) is 7.20. The molecule has 1 aliphatic rings. The highest BCUT2D eigenvalue weighted by molar-refractivity contribution is 5.71. The van der Waals surface area contributed by atoms with Gasteiger partial charge in [0.15, 0.2) is 12.2 Å². The van der Waals surface area contributed by atoms with Gasteiger partial charge in [0, 0.05) is 19.3 Å². The first kappa shape index (κ1) is 26.4. The van der Waals surface area contributed by atoms with Crippen LogP contribution in [0, 0.1) is 0 Å². The van der Waals surface area contributed by atoms with Gasteiger partial charge in [-0.3, -0.25) is 14.4 Å². The molecule has 0 saturated carbocycles. The third kappa shape index (κ3) is 11.0. The predicted molar refractivity (Wildman–Crippen MR) is 113 cm³/mol. The summed E-state index contributed by atoms with van der Waals surface area (Å²) in [5, 5.41) is 0. The van der Waals surface area contributed by atoms with Crippen molar-refractivity contribution in [1.82, 2.24) is 0 Å². The predicted octanol–water partition coefficient (Wildman–Crippen LogP) is 4.49. The quantitative estimate of drug-likeness (QED) is 0.203. The lowest BCUT2D eigenvalue weighted by Gasteiger charge is -2.23. The van der Waals surface area contributed by atoms with E-state index in [1.165, 1.54) is 0 Å². The first-order valence-electron chi connectivity index (χ1n) is 11.7. The number of hydrogen-bond acceptors (Lipinski definition) is 7. The van der Waals surface area contributed by atoms with Crippen LogP contribution in [0.3, 0.4) is 0 Å². The molecule has 0 aromatic rings. The Kier molecular flexibility index (Phi) is 14.2. The molecule has 7 nitrogen and oxygen atoms in total. The Morgan fingerprint density at radius 2 is 1.23 bits per heavy atom. The zero-order valence-electron chi connectivity index (χ0n) is 19.0. The number of carbonyl (C=O) groups is 3. The zero-order valence-corrected chi connectivity index (χ0v) is 19.0. The zero-order chi connectivity index (χ0) is 22.2. The maximum absolute atomic E-state index is 12.2. The Bertz CT molecular complexity index is 506. The Morgan fingerprint density at radius 3 is 1.77 bits per heavy atom. The molecule has 1 saturated heterocycles. The van der Waals surface area contributed by atoms with Crippen LogP contribution in [0.4, 0.5) is 0 Å². The van der Waals surface area contributed by atoms with Crippen molar-refractivity contribution in [3.05, 3.63) is 0 Å². The summed E-state index contributed by atoms with van der Waals surface area (Å²) in [5.74, 6) is -0.952. The monoisotopic (exact) mass is 428 g/mol. The molecule has 0 amide bonds. The van der Waals surface area contributed by atoms with Gasteiger partial charge in [-0.25, -0.2) is 0 Å². The van der Waals surface area contributed by atoms with E-state index in [1.54, 1.807) is 0 Å². The molecular formula is C23H40O7. The van der Waals surface area contributed by atoms with E-state index in [9.17, 15) is 14.4 Å². The molecule has 7 heteroatoms. The fourth-order valence-electron chi connectivity index (χ4n) is 3.29. The average Bonchev–Trinajstić information content (AvgIpc) is 3.08. The molecule has 174 valence electrons.